The van der Waals surface area contributed by atoms with Crippen LogP contribution in [0.1, 0.15) is 6.23 Å². The van der Waals surface area contributed by atoms with E-state index in [9.17, 15) is 19.3 Å². The number of aromatic amines is 1. The second-order valence-electron chi connectivity index (χ2n) is 4.48. The van der Waals surface area contributed by atoms with E-state index in [1.165, 1.54) is 13.3 Å². The Morgan fingerprint density at radius 3 is 2.42 bits per heavy atom. The summed E-state index contributed by atoms with van der Waals surface area (Å²) < 4.78 is 37.7. The topological polar surface area (TPSA) is 138 Å². The Kier molecular flexibility index (Phi) is 8.50. The lowest BCUT2D eigenvalue weighted by atomic mass is 10.4. The van der Waals surface area contributed by atoms with Gasteiger partial charge in [-0.2, -0.15) is 0 Å². The molecule has 12 heteroatoms. The molecule has 1 heterocycles. The maximum Gasteiger partial charge on any atom is 0.474 e. The molecule has 0 amide bonds. The largest absolute Gasteiger partial charge is 0.474 e. The maximum absolute atomic E-state index is 11.9. The van der Waals surface area contributed by atoms with Gasteiger partial charge in [0, 0.05) is 33.6 Å². The summed E-state index contributed by atoms with van der Waals surface area (Å²) >= 11 is 0. The normalized spacial score (nSPS) is 14.5. The summed E-state index contributed by atoms with van der Waals surface area (Å²) in [5, 5.41) is 9.45. The van der Waals surface area contributed by atoms with E-state index in [4.69, 9.17) is 14.0 Å². The Hall–Kier alpha value is -1.33. The van der Waals surface area contributed by atoms with Gasteiger partial charge in [0.15, 0.2) is 6.23 Å². The molecule has 1 aromatic rings. The molecule has 0 radical (unpaired) electrons. The van der Waals surface area contributed by atoms with Gasteiger partial charge < -0.3 is 14.6 Å². The van der Waals surface area contributed by atoms with E-state index in [0.29, 0.717) is 0 Å². The number of hydrogen-bond acceptors (Lipinski definition) is 9. The van der Waals surface area contributed by atoms with Crippen LogP contribution in [-0.2, 0) is 27.6 Å². The molecule has 2 N–H and O–H groups in total. The number of methoxy groups -OCH3 is 1. The van der Waals surface area contributed by atoms with Crippen molar-refractivity contribution in [1.82, 2.24) is 9.55 Å². The van der Waals surface area contributed by atoms with Gasteiger partial charge in [0.05, 0.1) is 19.8 Å². The minimum atomic E-state index is -3.71. The molecule has 0 unspecified atom stereocenters. The molecule has 0 aliphatic carbocycles. The third-order valence-corrected chi connectivity index (χ3v) is 4.25. The van der Waals surface area contributed by atoms with Gasteiger partial charge in [0.25, 0.3) is 5.56 Å². The molecule has 1 aromatic heterocycles. The lowest BCUT2D eigenvalue weighted by Gasteiger charge is -2.25. The van der Waals surface area contributed by atoms with Crippen LogP contribution in [-0.4, -0.2) is 61.9 Å². The van der Waals surface area contributed by atoms with Gasteiger partial charge in [-0.1, -0.05) is 0 Å². The second-order valence-corrected chi connectivity index (χ2v) is 6.36. The van der Waals surface area contributed by atoms with Crippen molar-refractivity contribution in [3.05, 3.63) is 33.1 Å². The highest BCUT2D eigenvalue weighted by molar-refractivity contribution is 7.48. The molecule has 0 saturated carbocycles. The van der Waals surface area contributed by atoms with E-state index in [2.05, 4.69) is 9.05 Å². The van der Waals surface area contributed by atoms with E-state index < -0.39 is 38.0 Å². The van der Waals surface area contributed by atoms with Gasteiger partial charge in [-0.05, 0) is 0 Å². The van der Waals surface area contributed by atoms with Gasteiger partial charge in [-0.3, -0.25) is 27.9 Å². The first kappa shape index (κ1) is 20.7. The van der Waals surface area contributed by atoms with Gasteiger partial charge >= 0.3 is 13.5 Å². The fourth-order valence-electron chi connectivity index (χ4n) is 1.74. The molecule has 0 saturated heterocycles. The van der Waals surface area contributed by atoms with E-state index >= 15 is 0 Å². The number of aliphatic hydroxyl groups excluding tert-OH is 1. The number of aromatic nitrogens is 2. The number of aliphatic hydroxyl groups is 1. The number of ether oxygens (including phenoxy) is 2. The SMILES string of the molecule is COC[C@@H](COP(=O)(OC)OC)O[C@@H](CO)n1ccc(=O)[nH]c1=O. The number of nitrogens with one attached hydrogen (secondary N) is 1. The molecule has 0 aliphatic rings. The monoisotopic (exact) mass is 368 g/mol. The van der Waals surface area contributed by atoms with Crippen molar-refractivity contribution in [3.8, 4) is 0 Å². The number of phosphoric acid groups is 1. The van der Waals surface area contributed by atoms with Crippen LogP contribution in [0.15, 0.2) is 21.9 Å². The average Bonchev–Trinajstić information content (AvgIpc) is 2.57. The van der Waals surface area contributed by atoms with Crippen LogP contribution in [0.5, 0.6) is 0 Å². The number of rotatable bonds is 11. The first-order valence-electron chi connectivity index (χ1n) is 6.82. The molecule has 0 aromatic carbocycles. The highest BCUT2D eigenvalue weighted by atomic mass is 31.2. The number of nitrogens with zero attached hydrogens (tertiary/aromatic N) is 1. The zero-order chi connectivity index (χ0) is 18.2. The molecule has 11 nitrogen and oxygen atoms in total. The summed E-state index contributed by atoms with van der Waals surface area (Å²) in [4.78, 5) is 24.9. The van der Waals surface area contributed by atoms with Crippen molar-refractivity contribution < 1.29 is 32.7 Å². The van der Waals surface area contributed by atoms with Crippen molar-refractivity contribution in [2.75, 3.05) is 41.2 Å². The Labute approximate surface area is 137 Å². The minimum absolute atomic E-state index is 0.0159. The molecular weight excluding hydrogens is 347 g/mol. The summed E-state index contributed by atoms with van der Waals surface area (Å²) in [6, 6.07) is 1.11. The Balaban J connectivity index is 2.86. The molecule has 0 bridgehead atoms. The van der Waals surface area contributed by atoms with Gasteiger partial charge in [-0.15, -0.1) is 0 Å². The van der Waals surface area contributed by atoms with E-state index in [1.54, 1.807) is 0 Å². The Morgan fingerprint density at radius 2 is 1.92 bits per heavy atom. The smallest absolute Gasteiger partial charge is 0.392 e. The van der Waals surface area contributed by atoms with Crippen LogP contribution >= 0.6 is 7.82 Å². The predicted octanol–water partition coefficient (Wildman–Crippen LogP) is -0.523. The molecule has 2 atom stereocenters. The quantitative estimate of drug-likeness (QED) is 0.494. The van der Waals surface area contributed by atoms with Crippen molar-refractivity contribution in [1.29, 1.82) is 0 Å². The van der Waals surface area contributed by atoms with E-state index in [1.807, 2.05) is 4.98 Å². The standard InChI is InChI=1S/C12H21N2O9P/c1-19-7-9(8-22-24(18,20-2)21-3)23-11(6-15)14-5-4-10(16)13-12(14)17/h4-5,9,11,15H,6-8H2,1-3H3,(H,13,16,17)/t9-,11-/m0/s1. The van der Waals surface area contributed by atoms with Gasteiger partial charge in [-0.25, -0.2) is 9.36 Å². The fraction of sp³-hybridized carbons (Fsp3) is 0.667. The van der Waals surface area contributed by atoms with Crippen LogP contribution in [0.4, 0.5) is 0 Å². The molecule has 0 spiro atoms. The summed E-state index contributed by atoms with van der Waals surface area (Å²) in [5.41, 5.74) is -1.33. The second kappa shape index (κ2) is 9.84. The lowest BCUT2D eigenvalue weighted by Crippen LogP contribution is -2.37. The van der Waals surface area contributed by atoms with Crippen LogP contribution in [0, 0.1) is 0 Å². The van der Waals surface area contributed by atoms with E-state index in [0.717, 1.165) is 24.9 Å². The molecule has 24 heavy (non-hydrogen) atoms. The highest BCUT2D eigenvalue weighted by Crippen LogP contribution is 2.47. The molecule has 1 rings (SSSR count). The Morgan fingerprint density at radius 1 is 1.25 bits per heavy atom. The van der Waals surface area contributed by atoms with Crippen molar-refractivity contribution in [2.24, 2.45) is 0 Å². The zero-order valence-corrected chi connectivity index (χ0v) is 14.4. The number of H-pyrrole nitrogens is 1. The summed E-state index contributed by atoms with van der Waals surface area (Å²) in [6.07, 6.45) is -0.728. The molecule has 138 valence electrons. The predicted molar refractivity (Wildman–Crippen MR) is 81.8 cm³/mol. The zero-order valence-electron chi connectivity index (χ0n) is 13.5. The lowest BCUT2D eigenvalue weighted by molar-refractivity contribution is -0.117. The summed E-state index contributed by atoms with van der Waals surface area (Å²) in [6.45, 7) is -0.790. The first-order chi connectivity index (χ1) is 11.4. The maximum atomic E-state index is 11.9. The number of hydrogen-bond donors (Lipinski definition) is 2. The van der Waals surface area contributed by atoms with E-state index in [-0.39, 0.29) is 13.2 Å². The van der Waals surface area contributed by atoms with Crippen molar-refractivity contribution >= 4 is 7.82 Å². The third kappa shape index (κ3) is 5.95. The third-order valence-electron chi connectivity index (χ3n) is 2.89. The highest BCUT2D eigenvalue weighted by Gasteiger charge is 2.27. The fourth-order valence-corrected chi connectivity index (χ4v) is 2.45. The van der Waals surface area contributed by atoms with Crippen molar-refractivity contribution in [2.45, 2.75) is 12.3 Å². The molecule has 0 fully saturated rings. The first-order valence-corrected chi connectivity index (χ1v) is 8.28. The van der Waals surface area contributed by atoms with Crippen LogP contribution in [0.25, 0.3) is 0 Å². The number of phosphoric ester groups is 1. The van der Waals surface area contributed by atoms with Crippen LogP contribution in [0.2, 0.25) is 0 Å². The van der Waals surface area contributed by atoms with Gasteiger partial charge in [0.1, 0.15) is 6.10 Å². The van der Waals surface area contributed by atoms with Crippen LogP contribution in [0.3, 0.4) is 0 Å². The molecular formula is C12H21N2O9P. The van der Waals surface area contributed by atoms with Crippen molar-refractivity contribution in [3.63, 3.8) is 0 Å². The summed E-state index contributed by atoms with van der Waals surface area (Å²) in [5.74, 6) is 0. The average molecular weight is 368 g/mol. The Bertz CT molecular complexity index is 650. The van der Waals surface area contributed by atoms with Crippen LogP contribution < -0.4 is 11.2 Å². The molecule has 0 aliphatic heterocycles. The summed E-state index contributed by atoms with van der Waals surface area (Å²) in [7, 11) is 0.0120. The van der Waals surface area contributed by atoms with Gasteiger partial charge in [0.2, 0.25) is 0 Å². The minimum Gasteiger partial charge on any atom is -0.392 e.